The van der Waals surface area contributed by atoms with Crippen LogP contribution in [0.2, 0.25) is 0 Å². The number of aliphatic hydroxyl groups is 1. The number of rotatable bonds is 2. The zero-order valence-electron chi connectivity index (χ0n) is 15.2. The van der Waals surface area contributed by atoms with Crippen LogP contribution in [0.4, 0.5) is 0 Å². The van der Waals surface area contributed by atoms with Crippen molar-refractivity contribution in [2.24, 2.45) is 14.1 Å². The molecule has 4 heterocycles. The first kappa shape index (κ1) is 19.5. The van der Waals surface area contributed by atoms with E-state index in [0.717, 1.165) is 28.9 Å². The van der Waals surface area contributed by atoms with Crippen molar-refractivity contribution in [2.45, 2.75) is 5.16 Å². The number of thioether (sulfide) groups is 1. The lowest BCUT2D eigenvalue weighted by Gasteiger charge is -1.96. The fourth-order valence-corrected chi connectivity index (χ4v) is 2.73. The van der Waals surface area contributed by atoms with E-state index in [1.807, 2.05) is 24.9 Å². The van der Waals surface area contributed by atoms with Crippen LogP contribution in [0.5, 0.6) is 6.01 Å². The van der Waals surface area contributed by atoms with Crippen LogP contribution in [0.25, 0.3) is 22.3 Å². The summed E-state index contributed by atoms with van der Waals surface area (Å²) in [6.45, 7) is 0. The minimum atomic E-state index is 0.547. The Morgan fingerprint density at radius 1 is 0.923 bits per heavy atom. The van der Waals surface area contributed by atoms with Crippen LogP contribution in [0.1, 0.15) is 0 Å². The molecule has 0 bridgehead atoms. The molecule has 4 aromatic heterocycles. The molecule has 0 saturated carbocycles. The lowest BCUT2D eigenvalue weighted by atomic mass is 10.5. The number of imidazole rings is 2. The molecular weight excluding hydrogens is 356 g/mol. The average molecular weight is 376 g/mol. The molecule has 1 N–H and O–H groups in total. The fourth-order valence-electron chi connectivity index (χ4n) is 2.18. The minimum Gasteiger partial charge on any atom is -0.468 e. The van der Waals surface area contributed by atoms with Gasteiger partial charge >= 0.3 is 0 Å². The van der Waals surface area contributed by atoms with Gasteiger partial charge in [0.2, 0.25) is 0 Å². The maximum Gasteiger partial charge on any atom is 0.298 e. The monoisotopic (exact) mass is 376 g/mol. The highest BCUT2D eigenvalue weighted by Gasteiger charge is 2.07. The fraction of sp³-hybridized carbons (Fsp3) is 0.333. The van der Waals surface area contributed by atoms with Crippen LogP contribution in [-0.2, 0) is 14.1 Å². The van der Waals surface area contributed by atoms with Gasteiger partial charge in [0.05, 0.1) is 19.5 Å². The topological polar surface area (TPSA) is 117 Å². The number of aliphatic hydroxyl groups excluding tert-OH is 1. The van der Waals surface area contributed by atoms with Gasteiger partial charge in [0.15, 0.2) is 16.5 Å². The Morgan fingerprint density at radius 3 is 1.92 bits per heavy atom. The second-order valence-corrected chi connectivity index (χ2v) is 5.55. The Kier molecular flexibility index (Phi) is 6.81. The van der Waals surface area contributed by atoms with Gasteiger partial charge in [0.1, 0.15) is 23.7 Å². The summed E-state index contributed by atoms with van der Waals surface area (Å²) in [5.41, 5.74) is 3.26. The molecule has 0 spiro atoms. The van der Waals surface area contributed by atoms with Gasteiger partial charge in [-0.05, 0) is 6.26 Å². The molecule has 0 aromatic carbocycles. The van der Waals surface area contributed by atoms with E-state index in [9.17, 15) is 0 Å². The number of methoxy groups -OCH3 is 1. The van der Waals surface area contributed by atoms with E-state index in [4.69, 9.17) is 9.84 Å². The Morgan fingerprint density at radius 2 is 1.46 bits per heavy atom. The van der Waals surface area contributed by atoms with E-state index >= 15 is 0 Å². The van der Waals surface area contributed by atoms with Crippen LogP contribution in [0.3, 0.4) is 0 Å². The van der Waals surface area contributed by atoms with Crippen LogP contribution in [-0.4, -0.2) is 64.6 Å². The van der Waals surface area contributed by atoms with Crippen LogP contribution < -0.4 is 4.74 Å². The van der Waals surface area contributed by atoms with Crippen molar-refractivity contribution in [2.75, 3.05) is 20.5 Å². The zero-order valence-corrected chi connectivity index (χ0v) is 16.0. The van der Waals surface area contributed by atoms with Crippen molar-refractivity contribution in [3.63, 3.8) is 0 Å². The second-order valence-electron chi connectivity index (χ2n) is 4.78. The predicted molar refractivity (Wildman–Crippen MR) is 99.1 cm³/mol. The molecule has 26 heavy (non-hydrogen) atoms. The van der Waals surface area contributed by atoms with Crippen LogP contribution in [0, 0.1) is 0 Å². The van der Waals surface area contributed by atoms with Gasteiger partial charge in [-0.25, -0.2) is 24.9 Å². The molecule has 0 radical (unpaired) electrons. The SMILES string of the molecule is CO.COc1nc2ncncc2n1C.CSc1nc2ncncc2n1C. The molecule has 0 unspecified atom stereocenters. The van der Waals surface area contributed by atoms with Gasteiger partial charge in [-0.3, -0.25) is 4.57 Å². The number of hydrogen-bond donors (Lipinski definition) is 1. The first-order valence-electron chi connectivity index (χ1n) is 7.43. The average Bonchev–Trinajstić information content (AvgIpc) is 3.21. The number of fused-ring (bicyclic) bond motifs is 2. The third-order valence-corrected chi connectivity index (χ3v) is 4.14. The third kappa shape index (κ3) is 3.89. The van der Waals surface area contributed by atoms with Gasteiger partial charge in [-0.2, -0.15) is 4.98 Å². The molecule has 11 heteroatoms. The minimum absolute atomic E-state index is 0.547. The van der Waals surface area contributed by atoms with Crippen molar-refractivity contribution in [1.82, 2.24) is 39.0 Å². The van der Waals surface area contributed by atoms with Gasteiger partial charge in [-0.1, -0.05) is 11.8 Å². The normalized spacial score (nSPS) is 10.1. The maximum atomic E-state index is 7.00. The lowest BCUT2D eigenvalue weighted by molar-refractivity contribution is 0.368. The van der Waals surface area contributed by atoms with E-state index in [-0.39, 0.29) is 0 Å². The first-order chi connectivity index (χ1) is 12.7. The summed E-state index contributed by atoms with van der Waals surface area (Å²) in [5, 5.41) is 7.96. The Hall–Kier alpha value is -2.79. The van der Waals surface area contributed by atoms with E-state index in [1.165, 1.54) is 12.7 Å². The van der Waals surface area contributed by atoms with Crippen molar-refractivity contribution in [1.29, 1.82) is 0 Å². The molecule has 0 saturated heterocycles. The quantitative estimate of drug-likeness (QED) is 0.513. The molecule has 10 nitrogen and oxygen atoms in total. The standard InChI is InChI=1S/C7H8N4O.C7H8N4S.CH4O/c2*1-11-5-3-8-4-9-6(5)10-7(11)12-2;1-2/h2*3-4H,1-2H3;2H,1H3. The number of hydrogen-bond acceptors (Lipinski definition) is 9. The Labute approximate surface area is 154 Å². The van der Waals surface area contributed by atoms with E-state index in [1.54, 1.807) is 35.8 Å². The predicted octanol–water partition coefficient (Wildman–Crippen LogP) is 1.07. The van der Waals surface area contributed by atoms with Crippen LogP contribution >= 0.6 is 11.8 Å². The summed E-state index contributed by atoms with van der Waals surface area (Å²) in [5.74, 6) is 0. The summed E-state index contributed by atoms with van der Waals surface area (Å²) >= 11 is 1.61. The summed E-state index contributed by atoms with van der Waals surface area (Å²) in [7, 11) is 6.40. The summed E-state index contributed by atoms with van der Waals surface area (Å²) in [6, 6.07) is 0.547. The van der Waals surface area contributed by atoms with Gasteiger partial charge < -0.3 is 14.4 Å². The molecule has 4 rings (SSSR count). The van der Waals surface area contributed by atoms with Gasteiger partial charge in [-0.15, -0.1) is 0 Å². The second kappa shape index (κ2) is 9.06. The molecular formula is C15H20N8O2S. The molecule has 0 amide bonds. The first-order valence-corrected chi connectivity index (χ1v) is 8.65. The smallest absolute Gasteiger partial charge is 0.298 e. The molecule has 4 aromatic rings. The van der Waals surface area contributed by atoms with E-state index < -0.39 is 0 Å². The molecule has 0 atom stereocenters. The number of aromatic nitrogens is 8. The largest absolute Gasteiger partial charge is 0.468 e. The Balaban J connectivity index is 0.000000171. The number of nitrogens with zero attached hydrogens (tertiary/aromatic N) is 8. The molecule has 0 aliphatic heterocycles. The lowest BCUT2D eigenvalue weighted by Crippen LogP contribution is -1.93. The highest BCUT2D eigenvalue weighted by molar-refractivity contribution is 7.98. The number of ether oxygens (including phenoxy) is 1. The molecule has 0 fully saturated rings. The summed E-state index contributed by atoms with van der Waals surface area (Å²) in [6.07, 6.45) is 8.45. The number of aryl methyl sites for hydroxylation is 2. The van der Waals surface area contributed by atoms with Gasteiger partial charge in [0, 0.05) is 21.2 Å². The maximum absolute atomic E-state index is 7.00. The molecule has 138 valence electrons. The summed E-state index contributed by atoms with van der Waals surface area (Å²) < 4.78 is 8.80. The highest BCUT2D eigenvalue weighted by atomic mass is 32.2. The van der Waals surface area contributed by atoms with Crippen molar-refractivity contribution >= 4 is 34.1 Å². The van der Waals surface area contributed by atoms with Crippen molar-refractivity contribution in [3.05, 3.63) is 25.0 Å². The van der Waals surface area contributed by atoms with Crippen molar-refractivity contribution < 1.29 is 9.84 Å². The third-order valence-electron chi connectivity index (χ3n) is 3.41. The molecule has 0 aliphatic carbocycles. The van der Waals surface area contributed by atoms with E-state index in [0.29, 0.717) is 11.7 Å². The molecule has 0 aliphatic rings. The zero-order chi connectivity index (χ0) is 19.1. The summed E-state index contributed by atoms with van der Waals surface area (Å²) in [4.78, 5) is 24.3. The van der Waals surface area contributed by atoms with Gasteiger partial charge in [0.25, 0.3) is 6.01 Å². The van der Waals surface area contributed by atoms with Crippen LogP contribution in [0.15, 0.2) is 30.2 Å². The van der Waals surface area contributed by atoms with E-state index in [2.05, 4.69) is 29.9 Å². The Bertz CT molecular complexity index is 904. The highest BCUT2D eigenvalue weighted by Crippen LogP contribution is 2.18. The van der Waals surface area contributed by atoms with Crippen molar-refractivity contribution in [3.8, 4) is 6.01 Å².